The van der Waals surface area contributed by atoms with Crippen LogP contribution in [0.15, 0.2) is 41.3 Å². The fourth-order valence-electron chi connectivity index (χ4n) is 3.21. The number of nitrogens with one attached hydrogen (secondary N) is 2. The van der Waals surface area contributed by atoms with Crippen molar-refractivity contribution in [1.82, 2.24) is 15.3 Å². The number of nitrogens with zero attached hydrogens (tertiary/aromatic N) is 1. The molecule has 6 heteroatoms. The number of aromatic amines is 1. The summed E-state index contributed by atoms with van der Waals surface area (Å²) in [6.07, 6.45) is 4.05. The van der Waals surface area contributed by atoms with Gasteiger partial charge in [0, 0.05) is 41.7 Å². The molecule has 0 aromatic carbocycles. The molecule has 1 atom stereocenters. The van der Waals surface area contributed by atoms with Crippen LogP contribution in [0.2, 0.25) is 0 Å². The molecule has 1 aliphatic carbocycles. The first kappa shape index (κ1) is 17.4. The lowest BCUT2D eigenvalue weighted by molar-refractivity contribution is 0.0238. The molecule has 0 radical (unpaired) electrons. The van der Waals surface area contributed by atoms with E-state index in [2.05, 4.69) is 15.3 Å². The van der Waals surface area contributed by atoms with E-state index < -0.39 is 0 Å². The average molecular weight is 341 g/mol. The molecular formula is C19H23N3O3. The molecule has 2 aromatic rings. The summed E-state index contributed by atoms with van der Waals surface area (Å²) in [5.41, 5.74) is 1.73. The van der Waals surface area contributed by atoms with E-state index in [9.17, 15) is 14.7 Å². The Morgan fingerprint density at radius 2 is 2.20 bits per heavy atom. The van der Waals surface area contributed by atoms with Crippen LogP contribution in [0.25, 0.3) is 0 Å². The molecule has 1 aliphatic rings. The summed E-state index contributed by atoms with van der Waals surface area (Å²) in [6.45, 7) is 1.92. The number of aromatic nitrogens is 2. The van der Waals surface area contributed by atoms with Crippen LogP contribution in [0.4, 0.5) is 0 Å². The van der Waals surface area contributed by atoms with Gasteiger partial charge < -0.3 is 15.4 Å². The maximum Gasteiger partial charge on any atom is 0.251 e. The minimum absolute atomic E-state index is 0.116. The quantitative estimate of drug-likeness (QED) is 0.741. The standard InChI is InChI=1S/C19H23N3O3/c1-2-14-7-13(10-18(24)21-14)19(25)22-17(12-8-16(23)9-12)11-15-5-3-4-6-20-15/h3-7,10,12,16-17,23H,2,8-9,11H2,1H3,(H,21,24)(H,22,25)/t12?,16?,17-/m1/s1. The zero-order valence-corrected chi connectivity index (χ0v) is 14.2. The number of carbonyl (C=O) groups is 1. The summed E-state index contributed by atoms with van der Waals surface area (Å²) in [7, 11) is 0. The third kappa shape index (κ3) is 4.33. The van der Waals surface area contributed by atoms with E-state index in [1.807, 2.05) is 25.1 Å². The lowest BCUT2D eigenvalue weighted by atomic mass is 9.76. The number of hydrogen-bond acceptors (Lipinski definition) is 4. The van der Waals surface area contributed by atoms with Gasteiger partial charge in [-0.05, 0) is 43.4 Å². The van der Waals surface area contributed by atoms with Crippen molar-refractivity contribution in [2.75, 3.05) is 0 Å². The minimum Gasteiger partial charge on any atom is -0.393 e. The normalized spacial score (nSPS) is 20.6. The maximum atomic E-state index is 12.6. The van der Waals surface area contributed by atoms with Crippen molar-refractivity contribution >= 4 is 5.91 Å². The summed E-state index contributed by atoms with van der Waals surface area (Å²) in [5.74, 6) is -0.0447. The Bertz CT molecular complexity index is 782. The van der Waals surface area contributed by atoms with Gasteiger partial charge in [0.25, 0.3) is 5.91 Å². The molecule has 0 bridgehead atoms. The first-order valence-electron chi connectivity index (χ1n) is 8.67. The Labute approximate surface area is 146 Å². The minimum atomic E-state index is -0.292. The van der Waals surface area contributed by atoms with Crippen molar-refractivity contribution in [3.05, 3.63) is 63.8 Å². The molecule has 2 aromatic heterocycles. The van der Waals surface area contributed by atoms with Gasteiger partial charge in [0.05, 0.1) is 6.10 Å². The van der Waals surface area contributed by atoms with Crippen LogP contribution in [0.3, 0.4) is 0 Å². The fourth-order valence-corrected chi connectivity index (χ4v) is 3.21. The zero-order valence-electron chi connectivity index (χ0n) is 14.2. The van der Waals surface area contributed by atoms with Gasteiger partial charge in [-0.3, -0.25) is 14.6 Å². The van der Waals surface area contributed by atoms with Gasteiger partial charge in [0.2, 0.25) is 5.56 Å². The van der Waals surface area contributed by atoms with Crippen molar-refractivity contribution in [1.29, 1.82) is 0 Å². The SMILES string of the molecule is CCc1cc(C(=O)N[C@H](Cc2ccccn2)C2CC(O)C2)cc(=O)[nH]1. The number of hydrogen-bond donors (Lipinski definition) is 3. The molecule has 132 valence electrons. The summed E-state index contributed by atoms with van der Waals surface area (Å²) in [4.78, 5) is 31.4. The van der Waals surface area contributed by atoms with Gasteiger partial charge >= 0.3 is 0 Å². The van der Waals surface area contributed by atoms with E-state index in [0.717, 1.165) is 11.4 Å². The van der Waals surface area contributed by atoms with Gasteiger partial charge in [-0.1, -0.05) is 13.0 Å². The summed E-state index contributed by atoms with van der Waals surface area (Å²) >= 11 is 0. The van der Waals surface area contributed by atoms with E-state index in [1.165, 1.54) is 6.07 Å². The molecule has 3 rings (SSSR count). The second-order valence-corrected chi connectivity index (χ2v) is 6.60. The van der Waals surface area contributed by atoms with Gasteiger partial charge in [-0.25, -0.2) is 0 Å². The molecule has 0 unspecified atom stereocenters. The molecule has 0 saturated heterocycles. The van der Waals surface area contributed by atoms with Crippen LogP contribution in [0.1, 0.15) is 41.5 Å². The highest BCUT2D eigenvalue weighted by molar-refractivity contribution is 5.94. The third-order valence-corrected chi connectivity index (χ3v) is 4.73. The van der Waals surface area contributed by atoms with Crippen molar-refractivity contribution in [3.8, 4) is 0 Å². The second-order valence-electron chi connectivity index (χ2n) is 6.60. The van der Waals surface area contributed by atoms with E-state index in [0.29, 0.717) is 31.2 Å². The van der Waals surface area contributed by atoms with Crippen molar-refractivity contribution < 1.29 is 9.90 Å². The molecule has 3 N–H and O–H groups in total. The van der Waals surface area contributed by atoms with Crippen LogP contribution in [-0.4, -0.2) is 33.1 Å². The number of carbonyl (C=O) groups excluding carboxylic acids is 1. The van der Waals surface area contributed by atoms with Gasteiger partial charge in [-0.2, -0.15) is 0 Å². The fraction of sp³-hybridized carbons (Fsp3) is 0.421. The highest BCUT2D eigenvalue weighted by atomic mass is 16.3. The number of rotatable bonds is 6. The van der Waals surface area contributed by atoms with E-state index in [1.54, 1.807) is 12.3 Å². The molecule has 1 saturated carbocycles. The number of H-pyrrole nitrogens is 1. The molecule has 2 heterocycles. The van der Waals surface area contributed by atoms with Gasteiger partial charge in [0.1, 0.15) is 0 Å². The highest BCUT2D eigenvalue weighted by Gasteiger charge is 2.35. The van der Waals surface area contributed by atoms with Crippen LogP contribution in [-0.2, 0) is 12.8 Å². The Hall–Kier alpha value is -2.47. The number of aryl methyl sites for hydroxylation is 1. The van der Waals surface area contributed by atoms with E-state index in [-0.39, 0.29) is 29.5 Å². The Kier molecular flexibility index (Phi) is 5.28. The molecule has 25 heavy (non-hydrogen) atoms. The van der Waals surface area contributed by atoms with E-state index in [4.69, 9.17) is 0 Å². The Balaban J connectivity index is 1.76. The van der Waals surface area contributed by atoms with Crippen molar-refractivity contribution in [3.63, 3.8) is 0 Å². The number of pyridine rings is 2. The molecule has 1 fully saturated rings. The number of amides is 1. The van der Waals surface area contributed by atoms with Crippen LogP contribution in [0.5, 0.6) is 0 Å². The predicted octanol–water partition coefficient (Wildman–Crippen LogP) is 1.44. The topological polar surface area (TPSA) is 95.1 Å². The molecule has 1 amide bonds. The average Bonchev–Trinajstić information content (AvgIpc) is 2.58. The second kappa shape index (κ2) is 7.61. The third-order valence-electron chi connectivity index (χ3n) is 4.73. The zero-order chi connectivity index (χ0) is 17.8. The Morgan fingerprint density at radius 1 is 1.40 bits per heavy atom. The highest BCUT2D eigenvalue weighted by Crippen LogP contribution is 2.31. The van der Waals surface area contributed by atoms with Crippen LogP contribution >= 0.6 is 0 Å². The smallest absolute Gasteiger partial charge is 0.251 e. The first-order valence-corrected chi connectivity index (χ1v) is 8.67. The van der Waals surface area contributed by atoms with Crippen molar-refractivity contribution in [2.24, 2.45) is 5.92 Å². The molecule has 0 spiro atoms. The molecule has 0 aliphatic heterocycles. The Morgan fingerprint density at radius 3 is 2.84 bits per heavy atom. The largest absolute Gasteiger partial charge is 0.393 e. The lowest BCUT2D eigenvalue weighted by Crippen LogP contribution is -2.48. The van der Waals surface area contributed by atoms with E-state index >= 15 is 0 Å². The predicted molar refractivity (Wildman–Crippen MR) is 94.4 cm³/mol. The monoisotopic (exact) mass is 341 g/mol. The summed E-state index contributed by atoms with van der Waals surface area (Å²) in [6, 6.07) is 8.62. The maximum absolute atomic E-state index is 12.6. The van der Waals surface area contributed by atoms with Crippen LogP contribution < -0.4 is 10.9 Å². The molecular weight excluding hydrogens is 318 g/mol. The van der Waals surface area contributed by atoms with Crippen molar-refractivity contribution in [2.45, 2.75) is 44.8 Å². The van der Waals surface area contributed by atoms with Gasteiger partial charge in [0.15, 0.2) is 0 Å². The first-order chi connectivity index (χ1) is 12.0. The summed E-state index contributed by atoms with van der Waals surface area (Å²) in [5, 5.41) is 12.7. The van der Waals surface area contributed by atoms with Crippen LogP contribution in [0, 0.1) is 5.92 Å². The number of aliphatic hydroxyl groups is 1. The number of aliphatic hydroxyl groups excluding tert-OH is 1. The molecule has 6 nitrogen and oxygen atoms in total. The summed E-state index contributed by atoms with van der Waals surface area (Å²) < 4.78 is 0. The lowest BCUT2D eigenvalue weighted by Gasteiger charge is -2.38. The van der Waals surface area contributed by atoms with Gasteiger partial charge in [-0.15, -0.1) is 0 Å².